The molecule has 0 bridgehead atoms. The highest BCUT2D eigenvalue weighted by atomic mass is 79.9. The van der Waals surface area contributed by atoms with Gasteiger partial charge in [0.15, 0.2) is 0 Å². The molecule has 130 valence electrons. The molecule has 2 aromatic rings. The van der Waals surface area contributed by atoms with E-state index in [0.29, 0.717) is 21.8 Å². The van der Waals surface area contributed by atoms with Crippen molar-refractivity contribution in [3.05, 3.63) is 52.0 Å². The first-order valence-electron chi connectivity index (χ1n) is 7.61. The quantitative estimate of drug-likeness (QED) is 0.804. The van der Waals surface area contributed by atoms with E-state index in [2.05, 4.69) is 31.7 Å². The van der Waals surface area contributed by atoms with Crippen molar-refractivity contribution in [3.8, 4) is 0 Å². The summed E-state index contributed by atoms with van der Waals surface area (Å²) in [5, 5.41) is 10.5. The van der Waals surface area contributed by atoms with Crippen LogP contribution in [0.3, 0.4) is 0 Å². The predicted octanol–water partition coefficient (Wildman–Crippen LogP) is 3.06. The van der Waals surface area contributed by atoms with Gasteiger partial charge in [-0.1, -0.05) is 6.07 Å². The molecule has 1 aliphatic heterocycles. The number of nitrogens with zero attached hydrogens (tertiary/aromatic N) is 2. The lowest BCUT2D eigenvalue weighted by molar-refractivity contribution is 0.0944. The average molecular weight is 418 g/mol. The Kier molecular flexibility index (Phi) is 6.77. The fraction of sp³-hybridized carbons (Fsp3) is 0.375. The minimum absolute atomic E-state index is 0. The molecule has 2 heterocycles. The van der Waals surface area contributed by atoms with Gasteiger partial charge in [-0.25, -0.2) is 4.39 Å². The Morgan fingerprint density at radius 3 is 3.00 bits per heavy atom. The lowest BCUT2D eigenvalue weighted by Crippen LogP contribution is -2.32. The Balaban J connectivity index is 0.00000208. The first-order valence-corrected chi connectivity index (χ1v) is 8.41. The monoisotopic (exact) mass is 416 g/mol. The Bertz CT molecular complexity index is 703. The van der Waals surface area contributed by atoms with E-state index in [0.717, 1.165) is 25.9 Å². The van der Waals surface area contributed by atoms with Crippen LogP contribution in [0.1, 0.15) is 34.9 Å². The molecule has 1 saturated heterocycles. The first-order chi connectivity index (χ1) is 11.1. The third-order valence-electron chi connectivity index (χ3n) is 3.92. The van der Waals surface area contributed by atoms with Gasteiger partial charge in [0, 0.05) is 19.3 Å². The maximum atomic E-state index is 13.5. The van der Waals surface area contributed by atoms with E-state index in [4.69, 9.17) is 0 Å². The van der Waals surface area contributed by atoms with Crippen LogP contribution in [0.2, 0.25) is 0 Å². The maximum absolute atomic E-state index is 13.5. The van der Waals surface area contributed by atoms with Crippen LogP contribution in [0.25, 0.3) is 0 Å². The molecule has 1 aromatic carbocycles. The van der Waals surface area contributed by atoms with E-state index < -0.39 is 0 Å². The second-order valence-electron chi connectivity index (χ2n) is 5.61. The smallest absolute Gasteiger partial charge is 0.272 e. The molecule has 0 spiro atoms. The van der Waals surface area contributed by atoms with Gasteiger partial charge in [-0.05, 0) is 59.1 Å². The Hall–Kier alpha value is -1.44. The van der Waals surface area contributed by atoms with Gasteiger partial charge in [-0.15, -0.1) is 12.4 Å². The number of nitrogens with one attached hydrogen (secondary N) is 2. The van der Waals surface area contributed by atoms with Gasteiger partial charge in [0.2, 0.25) is 0 Å². The van der Waals surface area contributed by atoms with Crippen LogP contribution < -0.4 is 10.6 Å². The summed E-state index contributed by atoms with van der Waals surface area (Å²) in [5.41, 5.74) is 1.09. The van der Waals surface area contributed by atoms with E-state index in [1.54, 1.807) is 18.2 Å². The lowest BCUT2D eigenvalue weighted by Gasteiger charge is -2.22. The number of carbonyl (C=O) groups is 1. The van der Waals surface area contributed by atoms with E-state index >= 15 is 0 Å². The fourth-order valence-electron chi connectivity index (χ4n) is 2.64. The Morgan fingerprint density at radius 2 is 2.29 bits per heavy atom. The molecule has 0 radical (unpaired) electrons. The molecular formula is C16H19BrClFN4O. The summed E-state index contributed by atoms with van der Waals surface area (Å²) in [6.45, 7) is 2.18. The highest BCUT2D eigenvalue weighted by molar-refractivity contribution is 9.10. The predicted molar refractivity (Wildman–Crippen MR) is 95.9 cm³/mol. The second kappa shape index (κ2) is 8.60. The van der Waals surface area contributed by atoms with E-state index in [1.807, 2.05) is 10.9 Å². The molecule has 0 saturated carbocycles. The van der Waals surface area contributed by atoms with Crippen LogP contribution in [0, 0.1) is 5.82 Å². The minimum atomic E-state index is -0.342. The van der Waals surface area contributed by atoms with Gasteiger partial charge >= 0.3 is 0 Å². The van der Waals surface area contributed by atoms with Crippen molar-refractivity contribution in [2.45, 2.75) is 25.4 Å². The summed E-state index contributed by atoms with van der Waals surface area (Å²) < 4.78 is 15.7. The van der Waals surface area contributed by atoms with Gasteiger partial charge in [0.05, 0.1) is 10.5 Å². The molecule has 2 N–H and O–H groups in total. The summed E-state index contributed by atoms with van der Waals surface area (Å²) in [6, 6.07) is 6.80. The molecule has 1 aromatic heterocycles. The number of benzene rings is 1. The van der Waals surface area contributed by atoms with Gasteiger partial charge in [0.25, 0.3) is 5.91 Å². The molecule has 0 aliphatic carbocycles. The zero-order chi connectivity index (χ0) is 16.2. The van der Waals surface area contributed by atoms with Crippen LogP contribution in [-0.2, 0) is 6.54 Å². The number of rotatable bonds is 4. The van der Waals surface area contributed by atoms with Crippen molar-refractivity contribution < 1.29 is 9.18 Å². The molecular weight excluding hydrogens is 399 g/mol. The fourth-order valence-corrected chi connectivity index (χ4v) is 2.89. The SMILES string of the molecule is Cl.O=C(NCc1ccc(Br)c(F)c1)c1ccn(C2CCCNC2)n1. The Labute approximate surface area is 154 Å². The molecule has 5 nitrogen and oxygen atoms in total. The highest BCUT2D eigenvalue weighted by Gasteiger charge is 2.17. The largest absolute Gasteiger partial charge is 0.347 e. The zero-order valence-corrected chi connectivity index (χ0v) is 15.4. The number of piperidine rings is 1. The molecule has 1 aliphatic rings. The molecule has 8 heteroatoms. The molecule has 24 heavy (non-hydrogen) atoms. The van der Waals surface area contributed by atoms with E-state index in [1.165, 1.54) is 6.07 Å². The maximum Gasteiger partial charge on any atom is 0.272 e. The standard InChI is InChI=1S/C16H18BrFN4O.ClH/c17-13-4-3-11(8-14(13)18)9-20-16(23)15-5-7-22(21-15)12-2-1-6-19-10-12;/h3-5,7-8,12,19H,1-2,6,9-10H2,(H,20,23);1H. The number of halogens is 3. The van der Waals surface area contributed by atoms with Crippen molar-refractivity contribution in [2.75, 3.05) is 13.1 Å². The zero-order valence-electron chi connectivity index (χ0n) is 13.0. The number of hydrogen-bond acceptors (Lipinski definition) is 3. The van der Waals surface area contributed by atoms with Crippen LogP contribution in [0.5, 0.6) is 0 Å². The van der Waals surface area contributed by atoms with Crippen LogP contribution in [0.4, 0.5) is 4.39 Å². The number of hydrogen-bond donors (Lipinski definition) is 2. The highest BCUT2D eigenvalue weighted by Crippen LogP contribution is 2.17. The summed E-state index contributed by atoms with van der Waals surface area (Å²) in [7, 11) is 0. The Morgan fingerprint density at radius 1 is 1.46 bits per heavy atom. The number of amides is 1. The van der Waals surface area contributed by atoms with Crippen LogP contribution in [0.15, 0.2) is 34.9 Å². The third kappa shape index (κ3) is 4.55. The van der Waals surface area contributed by atoms with Gasteiger partial charge in [0.1, 0.15) is 11.5 Å². The number of aromatic nitrogens is 2. The molecule has 1 atom stereocenters. The van der Waals surface area contributed by atoms with Crippen molar-refractivity contribution in [2.24, 2.45) is 0 Å². The minimum Gasteiger partial charge on any atom is -0.347 e. The van der Waals surface area contributed by atoms with Crippen molar-refractivity contribution in [1.29, 1.82) is 0 Å². The topological polar surface area (TPSA) is 59.0 Å². The van der Waals surface area contributed by atoms with Gasteiger partial charge in [-0.3, -0.25) is 9.48 Å². The first kappa shape index (κ1) is 18.9. The van der Waals surface area contributed by atoms with Crippen molar-refractivity contribution in [3.63, 3.8) is 0 Å². The normalized spacial score (nSPS) is 17.2. The molecule has 1 fully saturated rings. The van der Waals surface area contributed by atoms with Crippen molar-refractivity contribution in [1.82, 2.24) is 20.4 Å². The molecule has 1 unspecified atom stereocenters. The van der Waals surface area contributed by atoms with E-state index in [-0.39, 0.29) is 30.7 Å². The lowest BCUT2D eigenvalue weighted by atomic mass is 10.1. The average Bonchev–Trinajstić information content (AvgIpc) is 3.06. The second-order valence-corrected chi connectivity index (χ2v) is 6.47. The summed E-state index contributed by atoms with van der Waals surface area (Å²) in [5.74, 6) is -0.596. The van der Waals surface area contributed by atoms with Gasteiger partial charge < -0.3 is 10.6 Å². The summed E-state index contributed by atoms with van der Waals surface area (Å²) in [4.78, 5) is 12.2. The van der Waals surface area contributed by atoms with Crippen LogP contribution in [-0.4, -0.2) is 28.8 Å². The third-order valence-corrected chi connectivity index (χ3v) is 4.57. The number of carbonyl (C=O) groups excluding carboxylic acids is 1. The van der Waals surface area contributed by atoms with Gasteiger partial charge in [-0.2, -0.15) is 5.10 Å². The summed E-state index contributed by atoms with van der Waals surface area (Å²) in [6.07, 6.45) is 4.01. The summed E-state index contributed by atoms with van der Waals surface area (Å²) >= 11 is 3.11. The van der Waals surface area contributed by atoms with Crippen molar-refractivity contribution >= 4 is 34.2 Å². The van der Waals surface area contributed by atoms with E-state index in [9.17, 15) is 9.18 Å². The molecule has 3 rings (SSSR count). The van der Waals surface area contributed by atoms with Crippen LogP contribution >= 0.6 is 28.3 Å². The molecule has 1 amide bonds.